The number of nitrogens with two attached hydrogens (primary N) is 1. The molecule has 0 saturated heterocycles. The van der Waals surface area contributed by atoms with Gasteiger partial charge in [-0.05, 0) is 24.3 Å². The smallest absolute Gasteiger partial charge is 0.259 e. The van der Waals surface area contributed by atoms with E-state index in [0.717, 1.165) is 21.3 Å². The lowest BCUT2D eigenvalue weighted by molar-refractivity contribution is 0.0995. The van der Waals surface area contributed by atoms with Gasteiger partial charge in [0.1, 0.15) is 0 Å². The van der Waals surface area contributed by atoms with E-state index < -0.39 is 0 Å². The third-order valence-electron chi connectivity index (χ3n) is 3.27. The number of anilines is 2. The lowest BCUT2D eigenvalue weighted by Gasteiger charge is -2.17. The van der Waals surface area contributed by atoms with Gasteiger partial charge in [-0.2, -0.15) is 0 Å². The topological polar surface area (TPSA) is 46.3 Å². The van der Waals surface area contributed by atoms with E-state index in [1.807, 2.05) is 47.8 Å². The van der Waals surface area contributed by atoms with Gasteiger partial charge in [0.25, 0.3) is 5.91 Å². The molecule has 1 amide bonds. The Morgan fingerprint density at radius 3 is 2.75 bits per heavy atom. The minimum atomic E-state index is -0.0203. The Bertz CT molecular complexity index is 779. The van der Waals surface area contributed by atoms with Crippen molar-refractivity contribution >= 4 is 38.7 Å². The highest BCUT2D eigenvalue weighted by molar-refractivity contribution is 7.17. The molecule has 3 rings (SSSR count). The van der Waals surface area contributed by atoms with Crippen molar-refractivity contribution in [3.8, 4) is 0 Å². The molecule has 0 radical (unpaired) electrons. The van der Waals surface area contributed by atoms with Crippen molar-refractivity contribution in [1.82, 2.24) is 0 Å². The van der Waals surface area contributed by atoms with Gasteiger partial charge >= 0.3 is 0 Å². The van der Waals surface area contributed by atoms with Crippen LogP contribution in [-0.4, -0.2) is 13.0 Å². The number of hydrogen-bond acceptors (Lipinski definition) is 3. The third-order valence-corrected chi connectivity index (χ3v) is 4.24. The van der Waals surface area contributed by atoms with E-state index in [1.54, 1.807) is 29.4 Å². The molecule has 0 fully saturated rings. The number of hydrogen-bond donors (Lipinski definition) is 1. The predicted molar refractivity (Wildman–Crippen MR) is 85.4 cm³/mol. The van der Waals surface area contributed by atoms with Gasteiger partial charge in [0.2, 0.25) is 0 Å². The van der Waals surface area contributed by atoms with Gasteiger partial charge in [-0.1, -0.05) is 24.3 Å². The average molecular weight is 282 g/mol. The van der Waals surface area contributed by atoms with Crippen molar-refractivity contribution < 1.29 is 4.79 Å². The normalized spacial score (nSPS) is 10.7. The lowest BCUT2D eigenvalue weighted by atomic mass is 10.1. The van der Waals surface area contributed by atoms with Crippen LogP contribution < -0.4 is 10.6 Å². The number of amides is 1. The van der Waals surface area contributed by atoms with Gasteiger partial charge in [0.15, 0.2) is 0 Å². The van der Waals surface area contributed by atoms with Crippen molar-refractivity contribution in [1.29, 1.82) is 0 Å². The Morgan fingerprint density at radius 1 is 1.15 bits per heavy atom. The molecule has 0 atom stereocenters. The second-order valence-corrected chi connectivity index (χ2v) is 5.52. The zero-order chi connectivity index (χ0) is 14.1. The highest BCUT2D eigenvalue weighted by atomic mass is 32.1. The molecule has 0 spiro atoms. The average Bonchev–Trinajstić information content (AvgIpc) is 2.89. The summed E-state index contributed by atoms with van der Waals surface area (Å²) < 4.78 is 1.12. The van der Waals surface area contributed by atoms with Crippen molar-refractivity contribution in [2.24, 2.45) is 0 Å². The molecule has 0 aliphatic rings. The number of fused-ring (bicyclic) bond motifs is 1. The van der Waals surface area contributed by atoms with E-state index in [-0.39, 0.29) is 5.91 Å². The van der Waals surface area contributed by atoms with E-state index in [4.69, 9.17) is 5.73 Å². The van der Waals surface area contributed by atoms with E-state index >= 15 is 0 Å². The minimum absolute atomic E-state index is 0.0203. The number of carbonyl (C=O) groups is 1. The summed E-state index contributed by atoms with van der Waals surface area (Å²) in [7, 11) is 1.77. The Labute approximate surface area is 121 Å². The number of carbonyl (C=O) groups excluding carboxylic acids is 1. The summed E-state index contributed by atoms with van der Waals surface area (Å²) >= 11 is 1.59. The van der Waals surface area contributed by atoms with Gasteiger partial charge in [0.05, 0.1) is 5.56 Å². The number of rotatable bonds is 2. The second kappa shape index (κ2) is 4.98. The van der Waals surface area contributed by atoms with Crippen LogP contribution in [0.15, 0.2) is 53.9 Å². The van der Waals surface area contributed by atoms with Crippen LogP contribution in [0.1, 0.15) is 10.4 Å². The molecule has 1 heterocycles. The van der Waals surface area contributed by atoms with Gasteiger partial charge in [-0.15, -0.1) is 11.3 Å². The highest BCUT2D eigenvalue weighted by Crippen LogP contribution is 2.28. The molecule has 0 unspecified atom stereocenters. The zero-order valence-corrected chi connectivity index (χ0v) is 11.9. The summed E-state index contributed by atoms with van der Waals surface area (Å²) in [5.41, 5.74) is 7.95. The molecule has 0 saturated carbocycles. The largest absolute Gasteiger partial charge is 0.399 e. The first-order valence-electron chi connectivity index (χ1n) is 6.26. The molecule has 2 aromatic carbocycles. The Hall–Kier alpha value is -2.33. The van der Waals surface area contributed by atoms with Crippen molar-refractivity contribution in [3.05, 3.63) is 59.5 Å². The maximum atomic E-state index is 12.6. The van der Waals surface area contributed by atoms with Crippen LogP contribution in [0.2, 0.25) is 0 Å². The fourth-order valence-corrected chi connectivity index (χ4v) is 3.11. The molecule has 1 aromatic heterocycles. The molecule has 2 N–H and O–H groups in total. The van der Waals surface area contributed by atoms with Gasteiger partial charge < -0.3 is 10.6 Å². The Kier molecular flexibility index (Phi) is 3.16. The van der Waals surface area contributed by atoms with Crippen LogP contribution in [0.5, 0.6) is 0 Å². The van der Waals surface area contributed by atoms with Crippen LogP contribution in [0.25, 0.3) is 10.1 Å². The maximum Gasteiger partial charge on any atom is 0.259 e. The molecular formula is C16H14N2OS. The summed E-state index contributed by atoms with van der Waals surface area (Å²) in [4.78, 5) is 14.3. The SMILES string of the molecule is CN(C(=O)c1csc2ccccc12)c1cccc(N)c1. The molecule has 0 aliphatic heterocycles. The van der Waals surface area contributed by atoms with Crippen molar-refractivity contribution in [2.75, 3.05) is 17.7 Å². The van der Waals surface area contributed by atoms with Gasteiger partial charge in [-0.25, -0.2) is 0 Å². The summed E-state index contributed by atoms with van der Waals surface area (Å²) in [6, 6.07) is 15.3. The Balaban J connectivity index is 2.00. The zero-order valence-electron chi connectivity index (χ0n) is 11.0. The summed E-state index contributed by atoms with van der Waals surface area (Å²) in [5.74, 6) is -0.0203. The molecular weight excluding hydrogens is 268 g/mol. The first kappa shape index (κ1) is 12.7. The fourth-order valence-electron chi connectivity index (χ4n) is 2.17. The number of nitrogens with zero attached hydrogens (tertiary/aromatic N) is 1. The van der Waals surface area contributed by atoms with E-state index in [1.165, 1.54) is 0 Å². The van der Waals surface area contributed by atoms with Gasteiger partial charge in [0, 0.05) is 33.9 Å². The first-order chi connectivity index (χ1) is 9.66. The molecule has 4 heteroatoms. The van der Waals surface area contributed by atoms with Crippen LogP contribution in [-0.2, 0) is 0 Å². The third kappa shape index (κ3) is 2.14. The molecule has 0 bridgehead atoms. The predicted octanol–water partition coefficient (Wildman–Crippen LogP) is 3.76. The van der Waals surface area contributed by atoms with E-state index in [9.17, 15) is 4.79 Å². The number of benzene rings is 2. The summed E-state index contributed by atoms with van der Waals surface area (Å²) in [6.45, 7) is 0. The summed E-state index contributed by atoms with van der Waals surface area (Å²) in [5, 5.41) is 2.91. The van der Waals surface area contributed by atoms with Crippen LogP contribution in [0.3, 0.4) is 0 Å². The van der Waals surface area contributed by atoms with Crippen LogP contribution >= 0.6 is 11.3 Å². The number of nitrogen functional groups attached to an aromatic ring is 1. The molecule has 0 aliphatic carbocycles. The molecule has 100 valence electrons. The van der Waals surface area contributed by atoms with E-state index in [0.29, 0.717) is 5.69 Å². The quantitative estimate of drug-likeness (QED) is 0.727. The van der Waals surface area contributed by atoms with Crippen LogP contribution in [0.4, 0.5) is 11.4 Å². The maximum absolute atomic E-state index is 12.6. The second-order valence-electron chi connectivity index (χ2n) is 4.60. The summed E-state index contributed by atoms with van der Waals surface area (Å²) in [6.07, 6.45) is 0. The lowest BCUT2D eigenvalue weighted by Crippen LogP contribution is -2.25. The standard InChI is InChI=1S/C16H14N2OS/c1-18(12-6-4-5-11(17)9-12)16(19)14-10-20-15-8-3-2-7-13(14)15/h2-10H,17H2,1H3. The van der Waals surface area contributed by atoms with Crippen LogP contribution in [0, 0.1) is 0 Å². The van der Waals surface area contributed by atoms with Crippen molar-refractivity contribution in [3.63, 3.8) is 0 Å². The minimum Gasteiger partial charge on any atom is -0.399 e. The van der Waals surface area contributed by atoms with E-state index in [2.05, 4.69) is 0 Å². The highest BCUT2D eigenvalue weighted by Gasteiger charge is 2.17. The molecule has 20 heavy (non-hydrogen) atoms. The fraction of sp³-hybridized carbons (Fsp3) is 0.0625. The first-order valence-corrected chi connectivity index (χ1v) is 7.14. The molecule has 3 nitrogen and oxygen atoms in total. The monoisotopic (exact) mass is 282 g/mol. The van der Waals surface area contributed by atoms with Crippen molar-refractivity contribution in [2.45, 2.75) is 0 Å². The van der Waals surface area contributed by atoms with Gasteiger partial charge in [-0.3, -0.25) is 4.79 Å². The Morgan fingerprint density at radius 2 is 1.95 bits per heavy atom. The number of thiophene rings is 1. The molecule has 3 aromatic rings.